The van der Waals surface area contributed by atoms with Crippen LogP contribution in [-0.2, 0) is 20.1 Å². The van der Waals surface area contributed by atoms with Crippen molar-refractivity contribution in [3.63, 3.8) is 0 Å². The summed E-state index contributed by atoms with van der Waals surface area (Å²) >= 11 is 6.39. The van der Waals surface area contributed by atoms with E-state index in [2.05, 4.69) is 25.1 Å². The minimum Gasteiger partial charge on any atom is -0.361 e. The molecule has 0 atom stereocenters. The highest BCUT2D eigenvalue weighted by molar-refractivity contribution is 6.30. The number of nitrogens with one attached hydrogen (secondary N) is 1. The van der Waals surface area contributed by atoms with E-state index < -0.39 is 0 Å². The molecule has 0 saturated heterocycles. The fourth-order valence-electron chi connectivity index (χ4n) is 2.34. The van der Waals surface area contributed by atoms with Crippen molar-refractivity contribution in [3.05, 3.63) is 40.8 Å². The van der Waals surface area contributed by atoms with E-state index in [1.54, 1.807) is 10.9 Å². The number of aromatic nitrogens is 5. The minimum absolute atomic E-state index is 0.599. The van der Waals surface area contributed by atoms with Crippen molar-refractivity contribution in [3.8, 4) is 11.4 Å². The summed E-state index contributed by atoms with van der Waals surface area (Å²) in [6, 6.07) is 1.86. The average Bonchev–Trinajstić information content (AvgIpc) is 3.17. The zero-order chi connectivity index (χ0) is 15.7. The molecule has 0 amide bonds. The standard InChI is InChI=1S/C14H17ClN6O/c1-9-6-11(19-22-9)13-10(14(15)21(3)18-13)7-20(2)8-12-16-4-5-17-12/h4-6H,7-8H2,1-3H3,(H,16,17). The first kappa shape index (κ1) is 14.8. The van der Waals surface area contributed by atoms with E-state index in [0.717, 1.165) is 22.8 Å². The molecule has 3 heterocycles. The van der Waals surface area contributed by atoms with Crippen molar-refractivity contribution in [2.45, 2.75) is 20.0 Å². The van der Waals surface area contributed by atoms with Gasteiger partial charge in [0.05, 0.1) is 6.54 Å². The first-order valence-electron chi connectivity index (χ1n) is 6.86. The number of nitrogens with zero attached hydrogens (tertiary/aromatic N) is 5. The summed E-state index contributed by atoms with van der Waals surface area (Å²) in [5.41, 5.74) is 2.36. The number of aryl methyl sites for hydroxylation is 2. The number of H-pyrrole nitrogens is 1. The number of aromatic amines is 1. The van der Waals surface area contributed by atoms with Crippen molar-refractivity contribution in [2.24, 2.45) is 7.05 Å². The summed E-state index contributed by atoms with van der Waals surface area (Å²) in [5, 5.41) is 9.09. The maximum absolute atomic E-state index is 6.39. The van der Waals surface area contributed by atoms with Gasteiger partial charge in [-0.25, -0.2) is 4.98 Å². The third kappa shape index (κ3) is 2.90. The lowest BCUT2D eigenvalue weighted by molar-refractivity contribution is 0.312. The van der Waals surface area contributed by atoms with E-state index in [9.17, 15) is 0 Å². The van der Waals surface area contributed by atoms with Crippen LogP contribution in [0.3, 0.4) is 0 Å². The van der Waals surface area contributed by atoms with Crippen LogP contribution in [0, 0.1) is 6.92 Å². The first-order valence-corrected chi connectivity index (χ1v) is 7.24. The predicted octanol–water partition coefficient (Wildman–Crippen LogP) is 2.39. The van der Waals surface area contributed by atoms with Crippen molar-refractivity contribution in [2.75, 3.05) is 7.05 Å². The molecule has 3 aromatic rings. The Balaban J connectivity index is 1.86. The highest BCUT2D eigenvalue weighted by atomic mass is 35.5. The molecule has 1 N–H and O–H groups in total. The Bertz CT molecular complexity index is 760. The molecule has 22 heavy (non-hydrogen) atoms. The van der Waals surface area contributed by atoms with Crippen LogP contribution in [0.25, 0.3) is 11.4 Å². The second-order valence-electron chi connectivity index (χ2n) is 5.27. The van der Waals surface area contributed by atoms with Gasteiger partial charge in [-0.1, -0.05) is 16.8 Å². The molecule has 0 spiro atoms. The summed E-state index contributed by atoms with van der Waals surface area (Å²) in [5.74, 6) is 1.65. The van der Waals surface area contributed by atoms with Crippen molar-refractivity contribution in [1.29, 1.82) is 0 Å². The molecular weight excluding hydrogens is 304 g/mol. The van der Waals surface area contributed by atoms with Gasteiger partial charge in [-0.3, -0.25) is 9.58 Å². The van der Waals surface area contributed by atoms with Gasteiger partial charge in [-0.15, -0.1) is 0 Å². The minimum atomic E-state index is 0.599. The maximum atomic E-state index is 6.39. The van der Waals surface area contributed by atoms with Crippen molar-refractivity contribution >= 4 is 11.6 Å². The molecule has 0 aliphatic heterocycles. The highest BCUT2D eigenvalue weighted by Gasteiger charge is 2.20. The molecule has 8 heteroatoms. The Morgan fingerprint density at radius 3 is 2.86 bits per heavy atom. The molecule has 0 radical (unpaired) electrons. The third-order valence-corrected chi connectivity index (χ3v) is 3.81. The summed E-state index contributed by atoms with van der Waals surface area (Å²) in [7, 11) is 3.82. The van der Waals surface area contributed by atoms with Crippen LogP contribution in [0.5, 0.6) is 0 Å². The molecule has 0 aliphatic carbocycles. The van der Waals surface area contributed by atoms with Crippen molar-refractivity contribution < 1.29 is 4.52 Å². The molecule has 3 rings (SSSR count). The van der Waals surface area contributed by atoms with Gasteiger partial charge in [0.2, 0.25) is 0 Å². The second kappa shape index (κ2) is 5.94. The molecule has 0 aliphatic rings. The first-order chi connectivity index (χ1) is 10.5. The Kier molecular flexibility index (Phi) is 4.00. The monoisotopic (exact) mass is 320 g/mol. The lowest BCUT2D eigenvalue weighted by Gasteiger charge is -2.15. The van der Waals surface area contributed by atoms with Gasteiger partial charge in [0.25, 0.3) is 0 Å². The van der Waals surface area contributed by atoms with E-state index in [4.69, 9.17) is 16.1 Å². The van der Waals surface area contributed by atoms with E-state index in [-0.39, 0.29) is 0 Å². The summed E-state index contributed by atoms with van der Waals surface area (Å²) in [4.78, 5) is 9.43. The van der Waals surface area contributed by atoms with Gasteiger partial charge < -0.3 is 9.51 Å². The number of imidazole rings is 1. The van der Waals surface area contributed by atoms with E-state index in [1.165, 1.54) is 0 Å². The summed E-state index contributed by atoms with van der Waals surface area (Å²) in [6.45, 7) is 3.17. The van der Waals surface area contributed by atoms with Crippen LogP contribution < -0.4 is 0 Å². The number of hydrogen-bond acceptors (Lipinski definition) is 5. The van der Waals surface area contributed by atoms with Gasteiger partial charge in [0, 0.05) is 37.6 Å². The molecule has 7 nitrogen and oxygen atoms in total. The van der Waals surface area contributed by atoms with Gasteiger partial charge in [-0.2, -0.15) is 5.10 Å². The Hall–Kier alpha value is -2.12. The van der Waals surface area contributed by atoms with Crippen LogP contribution in [-0.4, -0.2) is 36.9 Å². The molecular formula is C14H17ClN6O. The van der Waals surface area contributed by atoms with Crippen LogP contribution in [0.4, 0.5) is 0 Å². The number of rotatable bonds is 5. The van der Waals surface area contributed by atoms with Crippen LogP contribution in [0.2, 0.25) is 5.15 Å². The zero-order valence-electron chi connectivity index (χ0n) is 12.7. The molecule has 0 fully saturated rings. The van der Waals surface area contributed by atoms with Gasteiger partial charge in [0.1, 0.15) is 28.1 Å². The predicted molar refractivity (Wildman–Crippen MR) is 82.2 cm³/mol. The van der Waals surface area contributed by atoms with Crippen LogP contribution in [0.1, 0.15) is 17.1 Å². The SMILES string of the molecule is Cc1cc(-c2nn(C)c(Cl)c2CN(C)Cc2ncc[nH]2)no1. The van der Waals surface area contributed by atoms with Crippen LogP contribution >= 0.6 is 11.6 Å². The lowest BCUT2D eigenvalue weighted by Crippen LogP contribution is -2.18. The average molecular weight is 321 g/mol. The summed E-state index contributed by atoms with van der Waals surface area (Å²) < 4.78 is 6.79. The van der Waals surface area contributed by atoms with E-state index >= 15 is 0 Å². The molecule has 116 valence electrons. The number of halogens is 1. The smallest absolute Gasteiger partial charge is 0.134 e. The summed E-state index contributed by atoms with van der Waals surface area (Å²) in [6.07, 6.45) is 3.55. The second-order valence-corrected chi connectivity index (χ2v) is 5.63. The molecule has 0 aromatic carbocycles. The maximum Gasteiger partial charge on any atom is 0.134 e. The van der Waals surface area contributed by atoms with Gasteiger partial charge in [0.15, 0.2) is 0 Å². The van der Waals surface area contributed by atoms with E-state index in [1.807, 2.05) is 33.3 Å². The van der Waals surface area contributed by atoms with Crippen molar-refractivity contribution in [1.82, 2.24) is 29.8 Å². The Morgan fingerprint density at radius 1 is 1.41 bits per heavy atom. The number of hydrogen-bond donors (Lipinski definition) is 1. The fraction of sp³-hybridized carbons (Fsp3) is 0.357. The van der Waals surface area contributed by atoms with E-state index in [0.29, 0.717) is 23.9 Å². The lowest BCUT2D eigenvalue weighted by atomic mass is 10.2. The van der Waals surface area contributed by atoms with Gasteiger partial charge >= 0.3 is 0 Å². The largest absolute Gasteiger partial charge is 0.361 e. The molecule has 0 saturated carbocycles. The molecule has 3 aromatic heterocycles. The third-order valence-electron chi connectivity index (χ3n) is 3.34. The topological polar surface area (TPSA) is 75.8 Å². The fourth-order valence-corrected chi connectivity index (χ4v) is 2.52. The Morgan fingerprint density at radius 2 is 2.23 bits per heavy atom. The normalized spacial score (nSPS) is 11.5. The highest BCUT2D eigenvalue weighted by Crippen LogP contribution is 2.29. The molecule has 0 bridgehead atoms. The van der Waals surface area contributed by atoms with Gasteiger partial charge in [-0.05, 0) is 14.0 Å². The van der Waals surface area contributed by atoms with Crippen LogP contribution in [0.15, 0.2) is 23.0 Å². The quantitative estimate of drug-likeness (QED) is 0.781. The Labute approximate surface area is 132 Å². The zero-order valence-corrected chi connectivity index (χ0v) is 13.4. The molecule has 0 unspecified atom stereocenters.